The number of halogens is 9. The summed E-state index contributed by atoms with van der Waals surface area (Å²) in [5.74, 6) is -2.27. The first-order chi connectivity index (χ1) is 61.4. The Morgan fingerprint density at radius 3 is 1.14 bits per heavy atom. The van der Waals surface area contributed by atoms with Gasteiger partial charge in [0.15, 0.2) is 27.2 Å². The zero-order chi connectivity index (χ0) is 99.2. The van der Waals surface area contributed by atoms with Crippen LogP contribution in [0.5, 0.6) is 0 Å². The van der Waals surface area contributed by atoms with E-state index >= 15 is 17.6 Å². The summed E-state index contributed by atoms with van der Waals surface area (Å²) in [5, 5.41) is 1.68. The molecule has 3 aromatic carbocycles. The van der Waals surface area contributed by atoms with E-state index in [0.29, 0.717) is 78.3 Å². The lowest BCUT2D eigenvalue weighted by atomic mass is 9.75. The van der Waals surface area contributed by atoms with Crippen LogP contribution in [0.3, 0.4) is 0 Å². The van der Waals surface area contributed by atoms with Gasteiger partial charge < -0.3 is 51.9 Å². The Balaban J connectivity index is 0.000000212. The predicted molar refractivity (Wildman–Crippen MR) is 545 cm³/mol. The predicted octanol–water partition coefficient (Wildman–Crippen LogP) is 24.1. The number of carbonyl (C=O) groups excluding carboxylic acids is 3. The van der Waals surface area contributed by atoms with Crippen molar-refractivity contribution in [2.45, 2.75) is 266 Å². The van der Waals surface area contributed by atoms with E-state index in [0.717, 1.165) is 40.9 Å². The average molecular weight is 2180 g/mol. The van der Waals surface area contributed by atoms with E-state index < -0.39 is 116 Å². The number of methoxy groups -OCH3 is 3. The third-order valence-corrected chi connectivity index (χ3v) is 34.5. The van der Waals surface area contributed by atoms with E-state index in [1.165, 1.54) is 109 Å². The van der Waals surface area contributed by atoms with Crippen molar-refractivity contribution >= 4 is 185 Å². The number of rotatable bonds is 28. The van der Waals surface area contributed by atoms with Crippen LogP contribution in [0.15, 0.2) is 103 Å². The monoisotopic (exact) mass is 2170 g/mol. The van der Waals surface area contributed by atoms with Gasteiger partial charge in [0.2, 0.25) is 0 Å². The van der Waals surface area contributed by atoms with Crippen molar-refractivity contribution in [1.82, 2.24) is 34.6 Å². The van der Waals surface area contributed by atoms with Gasteiger partial charge in [-0.05, 0) is 224 Å². The first kappa shape index (κ1) is 112. The van der Waals surface area contributed by atoms with Gasteiger partial charge in [-0.25, -0.2) is 71.0 Å². The maximum atomic E-state index is 15.8. The summed E-state index contributed by atoms with van der Waals surface area (Å²) in [4.78, 5) is 75.2. The molecule has 0 unspecified atom stereocenters. The summed E-state index contributed by atoms with van der Waals surface area (Å²) in [6, 6.07) is 17.1. The summed E-state index contributed by atoms with van der Waals surface area (Å²) in [5.41, 5.74) is -3.60. The zero-order valence-electron chi connectivity index (χ0n) is 81.9. The molecule has 40 heteroatoms. The molecule has 12 rings (SSSR count). The Hall–Kier alpha value is -4.99. The minimum absolute atomic E-state index is 0.00398. The fraction of sp³-hybridized carbons (Fsp3) is 0.613. The van der Waals surface area contributed by atoms with Crippen LogP contribution in [-0.2, 0) is 68.6 Å². The molecule has 1 saturated heterocycles. The topological polar surface area (TPSA) is 251 Å². The fourth-order valence-electron chi connectivity index (χ4n) is 15.4. The van der Waals surface area contributed by atoms with Crippen molar-refractivity contribution in [3.8, 4) is 0 Å². The molecule has 3 saturated carbocycles. The number of nitrogens with zero attached hydrogens (tertiary/aromatic N) is 10. The number of thioether (sulfide) groups is 3. The van der Waals surface area contributed by atoms with Crippen molar-refractivity contribution in [2.75, 3.05) is 81.2 Å². The third-order valence-electron chi connectivity index (χ3n) is 23.5. The molecule has 3 amide bonds. The van der Waals surface area contributed by atoms with Crippen molar-refractivity contribution in [3.63, 3.8) is 0 Å². The van der Waals surface area contributed by atoms with Gasteiger partial charge in [-0.1, -0.05) is 152 Å². The van der Waals surface area contributed by atoms with Gasteiger partial charge in [0.1, 0.15) is 76.1 Å². The molecule has 4 fully saturated rings. The Kier molecular flexibility index (Phi) is 37.0. The van der Waals surface area contributed by atoms with Crippen LogP contribution in [0.25, 0.3) is 17.7 Å². The molecule has 734 valence electrons. The smallest absolute Gasteiger partial charge is 0.443 e. The number of amidine groups is 3. The van der Waals surface area contributed by atoms with Gasteiger partial charge in [0.25, 0.3) is 0 Å². The lowest BCUT2D eigenvalue weighted by molar-refractivity contribution is 0.00578. The highest BCUT2D eigenvalue weighted by atomic mass is 127. The standard InChI is InChI=1S/C31H50BFN2O6SSi.C31H41ClF2N4O4SSi.C25H38BrFN2O4SSi.C6H3ClFIN2/c1-27(2,3)39-26(36)35(20-38-15-16-43(10,11)12)25-34-30(8,24-18-31(24,42-25)19-37-9)22-17-21(13-14-23(22)33)32-40-28(4,5)29(6,7)41-32;1-29(2,3)42-28(39)38(19-41-11-12-44(6,7)8)27-37-30(4,25-15-31(25,43-27)18-40-5)21-13-20(9-10-22(21)33)14-23(34)24-16-36-26(32)17-35-24;1-23(2,3)33-22(30)29(16-32-11-12-35(6,7)8)21-28-24(4,18-13-17(26)9-10-19(18)27)20-14-25(20,34-21)15-31-5;7-6-3-10-5(2-11-6)4(8)1-9/h13-14,17,24H,15-16,18-20H2,1-12H3;9-10,13-14,16-17,25H,11-12,15,18-19H2,1-8H3;9-10,13,20H,11-12,14-16H2,1-8H3;1-3H/b;23-14-;;4-1-/t24-,30+,31+;25-,30+,31+;20-,24+,25+;/m000./s1. The second-order valence-electron chi connectivity index (χ2n) is 42.6. The molecule has 0 bridgehead atoms. The zero-order valence-corrected chi connectivity index (χ0v) is 92.6. The normalized spacial score (nSPS) is 24.7. The van der Waals surface area contributed by atoms with Crippen molar-refractivity contribution in [2.24, 2.45) is 32.7 Å². The van der Waals surface area contributed by atoms with Crippen LogP contribution in [0.2, 0.25) is 87.4 Å². The minimum atomic E-state index is -1.37. The molecule has 24 nitrogen and oxygen atoms in total. The molecule has 2 aromatic heterocycles. The average Bonchev–Trinajstić information content (AvgIpc) is 1.53. The first-order valence-electron chi connectivity index (χ1n) is 44.2. The second-order valence-corrected chi connectivity index (χ2v) is 65.9. The summed E-state index contributed by atoms with van der Waals surface area (Å²) >= 11 is 20.9. The van der Waals surface area contributed by atoms with E-state index in [1.54, 1.807) is 89.0 Å². The van der Waals surface area contributed by atoms with Gasteiger partial charge >= 0.3 is 25.4 Å². The molecular formula is C93H132BBrCl2F5IN10O14S3Si3. The van der Waals surface area contributed by atoms with E-state index in [2.05, 4.69) is 94.8 Å². The first-order valence-corrected chi connectivity index (χ1v) is 60.6. The number of benzene rings is 3. The summed E-state index contributed by atoms with van der Waals surface area (Å²) in [7, 11) is 0.289. The van der Waals surface area contributed by atoms with Gasteiger partial charge in [-0.2, -0.15) is 0 Å². The molecule has 133 heavy (non-hydrogen) atoms. The van der Waals surface area contributed by atoms with Crippen LogP contribution in [0, 0.1) is 35.2 Å². The number of fused-ring (bicyclic) bond motifs is 3. The number of aromatic nitrogens is 4. The van der Waals surface area contributed by atoms with Crippen molar-refractivity contribution in [3.05, 3.63) is 149 Å². The van der Waals surface area contributed by atoms with Gasteiger partial charge in [0.05, 0.1) is 86.7 Å². The Morgan fingerprint density at radius 2 is 0.827 bits per heavy atom. The van der Waals surface area contributed by atoms with E-state index in [1.807, 2.05) is 96.1 Å². The molecule has 6 heterocycles. The quantitative estimate of drug-likeness (QED) is 0.0113. The highest BCUT2D eigenvalue weighted by Gasteiger charge is 2.71. The SMILES string of the molecule is COC[C@]12C[C@H]1[C@@](C)(c1cc(/C=C(\F)c3cnc(Cl)cn3)ccc1F)N=C(N(COCC[Si](C)(C)C)C(=O)OC(C)(C)C)S2.COC[C@]12C[C@H]1[C@@](C)(c1cc(B3OC(C)(C)C(C)(C)O3)ccc1F)N=C(N(COCC[Si](C)(C)C)C(=O)OC(C)(C)C)S2.COC[C@]12C[C@H]1[C@@](C)(c1cc(Br)ccc1F)N=C(N(COCC[Si](C)(C)C)C(=O)OC(C)(C)C)S2.F/C(=C\I)c1cnc(Cl)cn1. The Morgan fingerprint density at radius 1 is 0.504 bits per heavy atom. The lowest BCUT2D eigenvalue weighted by Crippen LogP contribution is -2.46. The van der Waals surface area contributed by atoms with Crippen LogP contribution < -0.4 is 5.46 Å². The Bertz CT molecular complexity index is 5100. The number of hydrogen-bond acceptors (Lipinski definition) is 24. The molecule has 4 aliphatic heterocycles. The van der Waals surface area contributed by atoms with E-state index in [-0.39, 0.29) is 86.3 Å². The minimum Gasteiger partial charge on any atom is -0.443 e. The number of ether oxygens (including phenoxy) is 9. The number of amides is 3. The molecule has 5 aromatic rings. The van der Waals surface area contributed by atoms with E-state index in [9.17, 15) is 18.8 Å². The van der Waals surface area contributed by atoms with Crippen molar-refractivity contribution in [1.29, 1.82) is 0 Å². The highest BCUT2D eigenvalue weighted by Crippen LogP contribution is 2.69. The molecular weight excluding hydrogens is 2050 g/mol. The largest absolute Gasteiger partial charge is 0.494 e. The maximum Gasteiger partial charge on any atom is 0.494 e. The van der Waals surface area contributed by atoms with E-state index in [4.69, 9.17) is 90.1 Å². The van der Waals surface area contributed by atoms with Gasteiger partial charge in [-0.15, -0.1) is 0 Å². The Labute approximate surface area is 830 Å². The molecule has 0 N–H and O–H groups in total. The van der Waals surface area contributed by atoms with Crippen LogP contribution in [0.4, 0.5) is 36.3 Å². The van der Waals surface area contributed by atoms with Crippen LogP contribution in [-0.4, -0.2) is 223 Å². The molecule has 7 aliphatic rings. The number of aliphatic imine (C=N–C) groups is 3. The molecule has 9 atom stereocenters. The lowest BCUT2D eigenvalue weighted by Gasteiger charge is -2.38. The van der Waals surface area contributed by atoms with Crippen molar-refractivity contribution < 1.29 is 88.3 Å². The van der Waals surface area contributed by atoms with Crippen LogP contribution >= 0.6 is 97.0 Å². The van der Waals surface area contributed by atoms with Gasteiger partial charge in [0, 0.05) is 108 Å². The maximum absolute atomic E-state index is 15.8. The van der Waals surface area contributed by atoms with Gasteiger partial charge in [-0.3, -0.25) is 15.0 Å². The molecule has 0 radical (unpaired) electrons. The number of carbonyl (C=O) groups is 3. The molecule has 3 aliphatic carbocycles. The highest BCUT2D eigenvalue weighted by molar-refractivity contribution is 14.1. The fourth-order valence-corrected chi connectivity index (χ4v) is 23.4. The summed E-state index contributed by atoms with van der Waals surface area (Å²) in [6.45, 7) is 53.3. The van der Waals surface area contributed by atoms with Crippen LogP contribution in [0.1, 0.15) is 164 Å². The summed E-state index contributed by atoms with van der Waals surface area (Å²) < 4.78 is 140. The summed E-state index contributed by atoms with van der Waals surface area (Å²) in [6.07, 6.45) is 6.90. The second kappa shape index (κ2) is 44.0. The number of hydrogen-bond donors (Lipinski definition) is 0. The molecule has 0 spiro atoms. The third kappa shape index (κ3) is 29.6.